The van der Waals surface area contributed by atoms with Crippen LogP contribution in [0.4, 0.5) is 29.3 Å². The van der Waals surface area contributed by atoms with Crippen LogP contribution in [-0.4, -0.2) is 13.1 Å². The van der Waals surface area contributed by atoms with Crippen LogP contribution in [0.2, 0.25) is 0 Å². The summed E-state index contributed by atoms with van der Waals surface area (Å²) in [6.45, 7) is 0. The van der Waals surface area contributed by atoms with Gasteiger partial charge in [-0.05, 0) is 24.3 Å². The minimum Gasteiger partial charge on any atom is -0.305 e. The highest BCUT2D eigenvalue weighted by Crippen LogP contribution is 2.20. The van der Waals surface area contributed by atoms with E-state index in [1.165, 1.54) is 11.9 Å². The summed E-state index contributed by atoms with van der Waals surface area (Å²) >= 11 is 0. The van der Waals surface area contributed by atoms with Crippen LogP contribution in [0.3, 0.4) is 0 Å². The largest absolute Gasteiger partial charge is 0.326 e. The van der Waals surface area contributed by atoms with E-state index in [0.29, 0.717) is 5.69 Å². The molecule has 2 aromatic carbocycles. The fourth-order valence-corrected chi connectivity index (χ4v) is 1.59. The number of para-hydroxylation sites is 1. The van der Waals surface area contributed by atoms with E-state index in [2.05, 4.69) is 5.32 Å². The van der Waals surface area contributed by atoms with Gasteiger partial charge >= 0.3 is 6.03 Å². The Morgan fingerprint density at radius 3 is 2.30 bits per heavy atom. The van der Waals surface area contributed by atoms with E-state index in [9.17, 15) is 18.0 Å². The van der Waals surface area contributed by atoms with E-state index in [1.54, 1.807) is 30.3 Å². The van der Waals surface area contributed by atoms with Crippen molar-refractivity contribution in [3.8, 4) is 0 Å². The van der Waals surface area contributed by atoms with Crippen molar-refractivity contribution in [1.82, 2.24) is 0 Å². The third kappa shape index (κ3) is 2.74. The number of carbonyl (C=O) groups excluding carboxylic acids is 1. The maximum atomic E-state index is 13.4. The first-order valence-corrected chi connectivity index (χ1v) is 5.74. The molecule has 0 unspecified atom stereocenters. The van der Waals surface area contributed by atoms with Gasteiger partial charge < -0.3 is 5.32 Å². The molecular weight excluding hydrogens is 269 g/mol. The first-order chi connectivity index (χ1) is 9.50. The van der Waals surface area contributed by atoms with E-state index >= 15 is 0 Å². The number of benzene rings is 2. The summed E-state index contributed by atoms with van der Waals surface area (Å²) in [6, 6.07) is 9.66. The number of halogens is 3. The minimum absolute atomic E-state index is 0.420. The van der Waals surface area contributed by atoms with Crippen LogP contribution in [0.15, 0.2) is 42.5 Å². The standard InChI is InChI=1S/C14H11F3N2O/c1-19(9-5-3-2-4-6-9)14(20)18-11-8-7-10(15)12(16)13(11)17/h2-8H,1H3,(H,18,20). The molecule has 0 fully saturated rings. The summed E-state index contributed by atoms with van der Waals surface area (Å²) in [5.74, 6) is -4.36. The van der Waals surface area contributed by atoms with E-state index < -0.39 is 29.2 Å². The SMILES string of the molecule is CN(C(=O)Nc1ccc(F)c(F)c1F)c1ccccc1. The summed E-state index contributed by atoms with van der Waals surface area (Å²) in [7, 11) is 1.47. The lowest BCUT2D eigenvalue weighted by atomic mass is 10.2. The smallest absolute Gasteiger partial charge is 0.305 e. The zero-order valence-corrected chi connectivity index (χ0v) is 10.5. The van der Waals surface area contributed by atoms with E-state index in [4.69, 9.17) is 0 Å². The summed E-state index contributed by atoms with van der Waals surface area (Å²) in [5, 5.41) is 2.18. The second-order valence-corrected chi connectivity index (χ2v) is 4.05. The number of anilines is 2. The number of urea groups is 1. The molecule has 0 bridgehead atoms. The fourth-order valence-electron chi connectivity index (χ4n) is 1.59. The van der Waals surface area contributed by atoms with E-state index in [-0.39, 0.29) is 0 Å². The van der Waals surface area contributed by atoms with Crippen molar-refractivity contribution in [3.05, 3.63) is 59.9 Å². The quantitative estimate of drug-likeness (QED) is 0.834. The Bertz CT molecular complexity index is 632. The highest BCUT2D eigenvalue weighted by atomic mass is 19.2. The molecule has 0 heterocycles. The van der Waals surface area contributed by atoms with Gasteiger partial charge in [-0.1, -0.05) is 18.2 Å². The zero-order valence-electron chi connectivity index (χ0n) is 10.5. The van der Waals surface area contributed by atoms with Crippen LogP contribution >= 0.6 is 0 Å². The Morgan fingerprint density at radius 1 is 1.00 bits per heavy atom. The van der Waals surface area contributed by atoms with Crippen molar-refractivity contribution >= 4 is 17.4 Å². The van der Waals surface area contributed by atoms with Gasteiger partial charge in [-0.2, -0.15) is 0 Å². The van der Waals surface area contributed by atoms with Crippen molar-refractivity contribution in [2.24, 2.45) is 0 Å². The van der Waals surface area contributed by atoms with Crippen LogP contribution < -0.4 is 10.2 Å². The Hall–Kier alpha value is -2.50. The molecule has 0 saturated carbocycles. The highest BCUT2D eigenvalue weighted by Gasteiger charge is 2.17. The molecule has 0 atom stereocenters. The van der Waals surface area contributed by atoms with Crippen LogP contribution in [0.25, 0.3) is 0 Å². The van der Waals surface area contributed by atoms with Gasteiger partial charge in [-0.3, -0.25) is 4.90 Å². The van der Waals surface area contributed by atoms with Crippen LogP contribution in [0.5, 0.6) is 0 Å². The molecule has 2 amide bonds. The number of amides is 2. The first-order valence-electron chi connectivity index (χ1n) is 5.74. The summed E-state index contributed by atoms with van der Waals surface area (Å²) < 4.78 is 39.3. The van der Waals surface area contributed by atoms with Crippen LogP contribution in [0, 0.1) is 17.5 Å². The molecule has 0 aliphatic heterocycles. The topological polar surface area (TPSA) is 32.3 Å². The second-order valence-electron chi connectivity index (χ2n) is 4.05. The van der Waals surface area contributed by atoms with Crippen molar-refractivity contribution < 1.29 is 18.0 Å². The predicted molar refractivity (Wildman–Crippen MR) is 70.2 cm³/mol. The lowest BCUT2D eigenvalue weighted by Crippen LogP contribution is -2.31. The molecule has 1 N–H and O–H groups in total. The molecule has 0 saturated heterocycles. The van der Waals surface area contributed by atoms with Gasteiger partial charge in [0.1, 0.15) is 0 Å². The van der Waals surface area contributed by atoms with Gasteiger partial charge in [0.15, 0.2) is 17.5 Å². The van der Waals surface area contributed by atoms with Crippen molar-refractivity contribution in [3.63, 3.8) is 0 Å². The molecule has 0 aliphatic rings. The number of hydrogen-bond donors (Lipinski definition) is 1. The number of hydrogen-bond acceptors (Lipinski definition) is 1. The normalized spacial score (nSPS) is 10.2. The van der Waals surface area contributed by atoms with Gasteiger partial charge in [-0.15, -0.1) is 0 Å². The Kier molecular flexibility index (Phi) is 3.93. The van der Waals surface area contributed by atoms with Crippen molar-refractivity contribution in [2.75, 3.05) is 17.3 Å². The molecule has 3 nitrogen and oxygen atoms in total. The monoisotopic (exact) mass is 280 g/mol. The first kappa shape index (κ1) is 13.9. The molecule has 0 spiro atoms. The molecule has 20 heavy (non-hydrogen) atoms. The Labute approximate surface area is 113 Å². The minimum atomic E-state index is -1.62. The van der Waals surface area contributed by atoms with Gasteiger partial charge in [0, 0.05) is 12.7 Å². The third-order valence-corrected chi connectivity index (χ3v) is 2.72. The molecular formula is C14H11F3N2O. The van der Waals surface area contributed by atoms with E-state index in [1.807, 2.05) is 0 Å². The van der Waals surface area contributed by atoms with Gasteiger partial charge in [0.25, 0.3) is 0 Å². The third-order valence-electron chi connectivity index (χ3n) is 2.72. The second kappa shape index (κ2) is 5.64. The van der Waals surface area contributed by atoms with Crippen molar-refractivity contribution in [1.29, 1.82) is 0 Å². The maximum absolute atomic E-state index is 13.4. The van der Waals surface area contributed by atoms with Crippen LogP contribution in [0.1, 0.15) is 0 Å². The Morgan fingerprint density at radius 2 is 1.65 bits per heavy atom. The van der Waals surface area contributed by atoms with Gasteiger partial charge in [0.2, 0.25) is 0 Å². The summed E-state index contributed by atoms with van der Waals surface area (Å²) in [4.78, 5) is 13.1. The number of nitrogens with zero attached hydrogens (tertiary/aromatic N) is 1. The molecule has 0 aromatic heterocycles. The lowest BCUT2D eigenvalue weighted by Gasteiger charge is -2.18. The molecule has 104 valence electrons. The predicted octanol–water partition coefficient (Wildman–Crippen LogP) is 3.77. The maximum Gasteiger partial charge on any atom is 0.326 e. The zero-order chi connectivity index (χ0) is 14.7. The number of carbonyl (C=O) groups is 1. The lowest BCUT2D eigenvalue weighted by molar-refractivity contribution is 0.258. The molecule has 0 aliphatic carbocycles. The van der Waals surface area contributed by atoms with Crippen LogP contribution in [-0.2, 0) is 0 Å². The summed E-state index contributed by atoms with van der Waals surface area (Å²) in [6.07, 6.45) is 0. The average molecular weight is 280 g/mol. The van der Waals surface area contributed by atoms with E-state index in [0.717, 1.165) is 12.1 Å². The molecule has 0 radical (unpaired) electrons. The average Bonchev–Trinajstić information content (AvgIpc) is 2.48. The number of nitrogens with one attached hydrogen (secondary N) is 1. The van der Waals surface area contributed by atoms with Crippen molar-refractivity contribution in [2.45, 2.75) is 0 Å². The Balaban J connectivity index is 2.18. The molecule has 6 heteroatoms. The highest BCUT2D eigenvalue weighted by molar-refractivity contribution is 6.01. The molecule has 2 aromatic rings. The fraction of sp³-hybridized carbons (Fsp3) is 0.0714. The molecule has 2 rings (SSSR count). The van der Waals surface area contributed by atoms with Gasteiger partial charge in [0.05, 0.1) is 5.69 Å². The van der Waals surface area contributed by atoms with Gasteiger partial charge in [-0.25, -0.2) is 18.0 Å². The number of rotatable bonds is 2. The summed E-state index contributed by atoms with van der Waals surface area (Å²) in [5.41, 5.74) is 0.157.